The SMILES string of the molecule is CC(C)(CCCN1C(=O)C(N)Cc2ncccc21)[Si](C)(C)O. The van der Waals surface area contributed by atoms with Gasteiger partial charge in [0.05, 0.1) is 17.4 Å². The summed E-state index contributed by atoms with van der Waals surface area (Å²) in [5, 5.41) is -0.0777. The molecule has 0 spiro atoms. The van der Waals surface area contributed by atoms with Gasteiger partial charge in [0.2, 0.25) is 5.91 Å². The molecule has 1 unspecified atom stereocenters. The standard InChI is InChI=1S/C16H27N3O2Si/c1-16(2,22(3,4)21)8-6-10-19-14-7-5-9-18-13(14)11-12(17)15(19)20/h5,7,9,12,21H,6,8,10-11,17H2,1-4H3. The van der Waals surface area contributed by atoms with Crippen LogP contribution in [0.25, 0.3) is 0 Å². The van der Waals surface area contributed by atoms with Gasteiger partial charge in [0.25, 0.3) is 0 Å². The molecule has 6 heteroatoms. The zero-order valence-corrected chi connectivity index (χ0v) is 15.0. The Labute approximate surface area is 133 Å². The maximum absolute atomic E-state index is 12.4. The average Bonchev–Trinajstić information content (AvgIpc) is 2.41. The third-order valence-electron chi connectivity index (χ3n) is 4.99. The molecule has 1 aromatic rings. The fourth-order valence-corrected chi connectivity index (χ4v) is 3.45. The molecule has 1 aromatic heterocycles. The van der Waals surface area contributed by atoms with Crippen LogP contribution < -0.4 is 10.6 Å². The van der Waals surface area contributed by atoms with Gasteiger partial charge in [-0.15, -0.1) is 0 Å². The van der Waals surface area contributed by atoms with Gasteiger partial charge in [-0.2, -0.15) is 0 Å². The molecule has 5 nitrogen and oxygen atoms in total. The van der Waals surface area contributed by atoms with E-state index in [0.29, 0.717) is 13.0 Å². The van der Waals surface area contributed by atoms with E-state index in [-0.39, 0.29) is 10.9 Å². The minimum atomic E-state index is -2.21. The Morgan fingerprint density at radius 2 is 2.18 bits per heavy atom. The molecule has 122 valence electrons. The molecular weight excluding hydrogens is 294 g/mol. The number of nitrogens with two attached hydrogens (primary N) is 1. The number of carbonyl (C=O) groups is 1. The van der Waals surface area contributed by atoms with Gasteiger partial charge in [-0.1, -0.05) is 13.8 Å². The first-order valence-electron chi connectivity index (χ1n) is 7.87. The van der Waals surface area contributed by atoms with Crippen LogP contribution in [0.3, 0.4) is 0 Å². The second kappa shape index (κ2) is 6.10. The Morgan fingerprint density at radius 3 is 2.82 bits per heavy atom. The molecule has 2 heterocycles. The summed E-state index contributed by atoms with van der Waals surface area (Å²) in [6.45, 7) is 8.78. The second-order valence-corrected chi connectivity index (χ2v) is 11.8. The smallest absolute Gasteiger partial charge is 0.244 e. The Kier molecular flexibility index (Phi) is 4.75. The van der Waals surface area contributed by atoms with E-state index < -0.39 is 14.4 Å². The first-order chi connectivity index (χ1) is 10.1. The highest BCUT2D eigenvalue weighted by Crippen LogP contribution is 2.40. The third kappa shape index (κ3) is 3.39. The first-order valence-corrected chi connectivity index (χ1v) is 10.8. The van der Waals surface area contributed by atoms with E-state index in [1.54, 1.807) is 11.1 Å². The van der Waals surface area contributed by atoms with Gasteiger partial charge in [-0.05, 0) is 43.1 Å². The van der Waals surface area contributed by atoms with Crippen molar-refractivity contribution < 1.29 is 9.59 Å². The molecule has 0 aromatic carbocycles. The van der Waals surface area contributed by atoms with Crippen LogP contribution >= 0.6 is 0 Å². The lowest BCUT2D eigenvalue weighted by molar-refractivity contribution is -0.120. The summed E-state index contributed by atoms with van der Waals surface area (Å²) in [5.74, 6) is -0.0289. The topological polar surface area (TPSA) is 79.5 Å². The monoisotopic (exact) mass is 321 g/mol. The van der Waals surface area contributed by atoms with Gasteiger partial charge in [-0.25, -0.2) is 0 Å². The molecule has 0 saturated heterocycles. The molecule has 0 bridgehead atoms. The van der Waals surface area contributed by atoms with E-state index in [2.05, 4.69) is 18.8 Å². The Morgan fingerprint density at radius 1 is 1.50 bits per heavy atom. The van der Waals surface area contributed by atoms with Crippen molar-refractivity contribution in [3.05, 3.63) is 24.0 Å². The van der Waals surface area contributed by atoms with E-state index in [1.807, 2.05) is 25.2 Å². The fraction of sp³-hybridized carbons (Fsp3) is 0.625. The Hall–Kier alpha value is -1.24. The number of rotatable bonds is 5. The molecular formula is C16H27N3O2Si. The van der Waals surface area contributed by atoms with Crippen LogP contribution in [-0.2, 0) is 11.2 Å². The quantitative estimate of drug-likeness (QED) is 0.814. The molecule has 22 heavy (non-hydrogen) atoms. The molecule has 1 amide bonds. The maximum atomic E-state index is 12.4. The average molecular weight is 321 g/mol. The molecule has 0 fully saturated rings. The number of amides is 1. The largest absolute Gasteiger partial charge is 0.432 e. The number of aromatic nitrogens is 1. The Bertz CT molecular complexity index is 555. The highest BCUT2D eigenvalue weighted by molar-refractivity contribution is 6.72. The lowest BCUT2D eigenvalue weighted by Crippen LogP contribution is -2.49. The van der Waals surface area contributed by atoms with Crippen molar-refractivity contribution in [2.75, 3.05) is 11.4 Å². The molecule has 1 aliphatic heterocycles. The molecule has 2 rings (SSSR count). The maximum Gasteiger partial charge on any atom is 0.244 e. The summed E-state index contributed by atoms with van der Waals surface area (Å²) in [4.78, 5) is 28.8. The lowest BCUT2D eigenvalue weighted by atomic mass is 10.0. The van der Waals surface area contributed by atoms with Gasteiger partial charge < -0.3 is 15.4 Å². The van der Waals surface area contributed by atoms with Crippen molar-refractivity contribution in [3.63, 3.8) is 0 Å². The Balaban J connectivity index is 2.08. The highest BCUT2D eigenvalue weighted by atomic mass is 28.4. The molecule has 0 radical (unpaired) electrons. The van der Waals surface area contributed by atoms with Crippen LogP contribution in [0, 0.1) is 0 Å². The first kappa shape index (κ1) is 17.1. The van der Waals surface area contributed by atoms with Crippen LogP contribution in [-0.4, -0.2) is 36.6 Å². The zero-order valence-electron chi connectivity index (χ0n) is 14.0. The van der Waals surface area contributed by atoms with Crippen molar-refractivity contribution in [2.45, 2.75) is 57.3 Å². The summed E-state index contributed by atoms with van der Waals surface area (Å²) >= 11 is 0. The van der Waals surface area contributed by atoms with E-state index in [1.165, 1.54) is 0 Å². The zero-order chi connectivity index (χ0) is 16.5. The highest BCUT2D eigenvalue weighted by Gasteiger charge is 2.38. The summed E-state index contributed by atoms with van der Waals surface area (Å²) in [6.07, 6.45) is 3.98. The van der Waals surface area contributed by atoms with Crippen LogP contribution in [0.15, 0.2) is 18.3 Å². The van der Waals surface area contributed by atoms with Crippen LogP contribution in [0.4, 0.5) is 5.69 Å². The van der Waals surface area contributed by atoms with Gasteiger partial charge in [0.1, 0.15) is 0 Å². The van der Waals surface area contributed by atoms with E-state index in [9.17, 15) is 9.59 Å². The van der Waals surface area contributed by atoms with E-state index in [0.717, 1.165) is 24.2 Å². The molecule has 0 aliphatic carbocycles. The molecule has 1 aliphatic rings. The number of nitrogens with zero attached hydrogens (tertiary/aromatic N) is 2. The normalized spacial score (nSPS) is 19.3. The van der Waals surface area contributed by atoms with Gasteiger partial charge in [0.15, 0.2) is 8.32 Å². The third-order valence-corrected chi connectivity index (χ3v) is 8.56. The van der Waals surface area contributed by atoms with Crippen LogP contribution in [0.2, 0.25) is 18.1 Å². The van der Waals surface area contributed by atoms with Crippen molar-refractivity contribution in [2.24, 2.45) is 5.73 Å². The van der Waals surface area contributed by atoms with Crippen LogP contribution in [0.5, 0.6) is 0 Å². The van der Waals surface area contributed by atoms with E-state index >= 15 is 0 Å². The van der Waals surface area contributed by atoms with Crippen molar-refractivity contribution in [3.8, 4) is 0 Å². The van der Waals surface area contributed by atoms with Gasteiger partial charge >= 0.3 is 0 Å². The predicted molar refractivity (Wildman–Crippen MR) is 91.2 cm³/mol. The lowest BCUT2D eigenvalue weighted by Gasteiger charge is -2.37. The number of hydrogen-bond donors (Lipinski definition) is 2. The minimum absolute atomic E-state index is 0.0289. The molecule has 1 atom stereocenters. The van der Waals surface area contributed by atoms with Gasteiger partial charge in [0, 0.05) is 19.2 Å². The molecule has 3 N–H and O–H groups in total. The minimum Gasteiger partial charge on any atom is -0.432 e. The van der Waals surface area contributed by atoms with Crippen molar-refractivity contribution >= 4 is 19.9 Å². The molecule has 0 saturated carbocycles. The number of fused-ring (bicyclic) bond motifs is 1. The summed E-state index contributed by atoms with van der Waals surface area (Å²) in [7, 11) is -2.21. The number of hydrogen-bond acceptors (Lipinski definition) is 4. The fourth-order valence-electron chi connectivity index (χ4n) is 2.66. The predicted octanol–water partition coefficient (Wildman–Crippen LogP) is 2.06. The second-order valence-electron chi connectivity index (χ2n) is 7.32. The number of carbonyl (C=O) groups excluding carboxylic acids is 1. The number of anilines is 1. The summed E-state index contributed by atoms with van der Waals surface area (Å²) < 4.78 is 0. The van der Waals surface area contributed by atoms with Crippen molar-refractivity contribution in [1.82, 2.24) is 4.98 Å². The number of pyridine rings is 1. The van der Waals surface area contributed by atoms with Gasteiger partial charge in [-0.3, -0.25) is 9.78 Å². The summed E-state index contributed by atoms with van der Waals surface area (Å²) in [6, 6.07) is 3.28. The van der Waals surface area contributed by atoms with Crippen LogP contribution in [0.1, 0.15) is 32.4 Å². The van der Waals surface area contributed by atoms with Crippen molar-refractivity contribution in [1.29, 1.82) is 0 Å². The van der Waals surface area contributed by atoms with E-state index in [4.69, 9.17) is 5.73 Å². The summed E-state index contributed by atoms with van der Waals surface area (Å²) in [5.41, 5.74) is 7.72.